The average molecular weight is 277 g/mol. The first-order valence-corrected chi connectivity index (χ1v) is 5.95. The fraction of sp³-hybridized carbons (Fsp3) is 0.286. The summed E-state index contributed by atoms with van der Waals surface area (Å²) in [7, 11) is 2.83. The smallest absolute Gasteiger partial charge is 0.337 e. The quantitative estimate of drug-likeness (QED) is 0.781. The van der Waals surface area contributed by atoms with Gasteiger partial charge in [0.2, 0.25) is 0 Å². The molecule has 0 aliphatic carbocycles. The van der Waals surface area contributed by atoms with Crippen molar-refractivity contribution in [3.8, 4) is 11.5 Å². The Morgan fingerprint density at radius 2 is 2.05 bits per heavy atom. The Hall–Kier alpha value is -2.50. The molecular formula is C14H15NO5. The Labute approximate surface area is 116 Å². The molecule has 1 aromatic carbocycles. The van der Waals surface area contributed by atoms with Crippen LogP contribution in [-0.4, -0.2) is 25.3 Å². The molecule has 2 rings (SSSR count). The van der Waals surface area contributed by atoms with E-state index in [1.165, 1.54) is 14.2 Å². The summed E-state index contributed by atoms with van der Waals surface area (Å²) in [5, 5.41) is 3.83. The van der Waals surface area contributed by atoms with Crippen molar-refractivity contribution in [1.82, 2.24) is 5.16 Å². The van der Waals surface area contributed by atoms with Crippen molar-refractivity contribution >= 4 is 5.97 Å². The normalized spacial score (nSPS) is 10.2. The third-order valence-corrected chi connectivity index (χ3v) is 2.64. The number of nitrogens with zero attached hydrogens (tertiary/aromatic N) is 1. The van der Waals surface area contributed by atoms with Gasteiger partial charge >= 0.3 is 5.97 Å². The van der Waals surface area contributed by atoms with Crippen LogP contribution in [0.25, 0.3) is 0 Å². The molecule has 0 radical (unpaired) electrons. The minimum absolute atomic E-state index is 0.255. The van der Waals surface area contributed by atoms with E-state index in [1.54, 1.807) is 24.3 Å². The molecule has 0 amide bonds. The number of benzene rings is 1. The molecular weight excluding hydrogens is 262 g/mol. The van der Waals surface area contributed by atoms with Gasteiger partial charge in [0.15, 0.2) is 11.5 Å². The van der Waals surface area contributed by atoms with E-state index in [9.17, 15) is 4.79 Å². The fourth-order valence-corrected chi connectivity index (χ4v) is 1.67. The summed E-state index contributed by atoms with van der Waals surface area (Å²) in [5.74, 6) is 1.26. The number of hydrogen-bond acceptors (Lipinski definition) is 6. The topological polar surface area (TPSA) is 70.8 Å². The number of carbonyl (C=O) groups is 1. The van der Waals surface area contributed by atoms with E-state index >= 15 is 0 Å². The summed E-state index contributed by atoms with van der Waals surface area (Å²) in [6.45, 7) is 2.06. The Bertz CT molecular complexity index is 605. The number of esters is 1. The number of aryl methyl sites for hydroxylation is 1. The average Bonchev–Trinajstić information content (AvgIpc) is 2.89. The van der Waals surface area contributed by atoms with Crippen LogP contribution in [-0.2, 0) is 11.3 Å². The van der Waals surface area contributed by atoms with Gasteiger partial charge in [-0.25, -0.2) is 4.79 Å². The van der Waals surface area contributed by atoms with E-state index in [1.807, 2.05) is 6.92 Å². The number of methoxy groups -OCH3 is 2. The summed E-state index contributed by atoms with van der Waals surface area (Å²) < 4.78 is 20.4. The molecule has 0 saturated carbocycles. The van der Waals surface area contributed by atoms with Crippen molar-refractivity contribution in [2.45, 2.75) is 13.5 Å². The van der Waals surface area contributed by atoms with E-state index in [0.717, 1.165) is 5.76 Å². The molecule has 0 bridgehead atoms. The molecule has 0 aliphatic heterocycles. The predicted molar refractivity (Wildman–Crippen MR) is 69.9 cm³/mol. The standard InChI is InChI=1S/C14H15NO5/c1-9-6-11(15-20-9)8-19-12-5-4-10(14(16)18-3)7-13(12)17-2/h4-7H,8H2,1-3H3. The molecule has 20 heavy (non-hydrogen) atoms. The lowest BCUT2D eigenvalue weighted by atomic mass is 10.2. The van der Waals surface area contributed by atoms with Gasteiger partial charge in [-0.2, -0.15) is 0 Å². The maximum atomic E-state index is 11.4. The minimum Gasteiger partial charge on any atom is -0.493 e. The van der Waals surface area contributed by atoms with Crippen LogP contribution in [0.5, 0.6) is 11.5 Å². The van der Waals surface area contributed by atoms with E-state index in [0.29, 0.717) is 22.8 Å². The van der Waals surface area contributed by atoms with Crippen LogP contribution >= 0.6 is 0 Å². The lowest BCUT2D eigenvalue weighted by Crippen LogP contribution is -2.03. The molecule has 106 valence electrons. The second-order valence-corrected chi connectivity index (χ2v) is 4.07. The molecule has 0 N–H and O–H groups in total. The monoisotopic (exact) mass is 277 g/mol. The highest BCUT2D eigenvalue weighted by Gasteiger charge is 2.12. The number of aromatic nitrogens is 1. The first-order chi connectivity index (χ1) is 9.63. The maximum absolute atomic E-state index is 11.4. The van der Waals surface area contributed by atoms with Gasteiger partial charge in [-0.3, -0.25) is 0 Å². The molecule has 0 atom stereocenters. The minimum atomic E-state index is -0.429. The summed E-state index contributed by atoms with van der Waals surface area (Å²) in [5.41, 5.74) is 1.08. The number of hydrogen-bond donors (Lipinski definition) is 0. The fourth-order valence-electron chi connectivity index (χ4n) is 1.67. The van der Waals surface area contributed by atoms with Crippen molar-refractivity contribution in [2.75, 3.05) is 14.2 Å². The Morgan fingerprint density at radius 3 is 2.65 bits per heavy atom. The van der Waals surface area contributed by atoms with Gasteiger partial charge in [0.25, 0.3) is 0 Å². The molecule has 0 fully saturated rings. The Kier molecular flexibility index (Phi) is 4.24. The van der Waals surface area contributed by atoms with Crippen molar-refractivity contribution in [2.24, 2.45) is 0 Å². The number of carbonyl (C=O) groups excluding carboxylic acids is 1. The molecule has 2 aromatic rings. The highest BCUT2D eigenvalue weighted by molar-refractivity contribution is 5.90. The van der Waals surface area contributed by atoms with Gasteiger partial charge in [0.05, 0.1) is 19.8 Å². The van der Waals surface area contributed by atoms with E-state index in [4.69, 9.17) is 14.0 Å². The second-order valence-electron chi connectivity index (χ2n) is 4.07. The van der Waals surface area contributed by atoms with Crippen LogP contribution in [0, 0.1) is 6.92 Å². The number of ether oxygens (including phenoxy) is 3. The zero-order valence-corrected chi connectivity index (χ0v) is 11.5. The lowest BCUT2D eigenvalue weighted by molar-refractivity contribution is 0.0600. The van der Waals surface area contributed by atoms with Crippen LogP contribution < -0.4 is 9.47 Å². The van der Waals surface area contributed by atoms with Crippen LogP contribution in [0.3, 0.4) is 0 Å². The van der Waals surface area contributed by atoms with Crippen LogP contribution in [0.15, 0.2) is 28.8 Å². The van der Waals surface area contributed by atoms with Crippen molar-refractivity contribution in [3.63, 3.8) is 0 Å². The van der Waals surface area contributed by atoms with E-state index in [2.05, 4.69) is 9.89 Å². The zero-order chi connectivity index (χ0) is 14.5. The van der Waals surface area contributed by atoms with Gasteiger partial charge < -0.3 is 18.7 Å². The molecule has 0 spiro atoms. The Morgan fingerprint density at radius 1 is 1.25 bits per heavy atom. The molecule has 0 aliphatic rings. The largest absolute Gasteiger partial charge is 0.493 e. The molecule has 1 aromatic heterocycles. The summed E-state index contributed by atoms with van der Waals surface area (Å²) in [4.78, 5) is 11.4. The van der Waals surface area contributed by atoms with Crippen molar-refractivity contribution in [1.29, 1.82) is 0 Å². The first-order valence-electron chi connectivity index (χ1n) is 5.95. The molecule has 6 nitrogen and oxygen atoms in total. The van der Waals surface area contributed by atoms with Crippen LogP contribution in [0.1, 0.15) is 21.8 Å². The number of rotatable bonds is 5. The highest BCUT2D eigenvalue weighted by Crippen LogP contribution is 2.29. The molecule has 6 heteroatoms. The van der Waals surface area contributed by atoms with Crippen LogP contribution in [0.2, 0.25) is 0 Å². The summed E-state index contributed by atoms with van der Waals surface area (Å²) in [6.07, 6.45) is 0. The predicted octanol–water partition coefficient (Wildman–Crippen LogP) is 2.36. The first kappa shape index (κ1) is 13.9. The summed E-state index contributed by atoms with van der Waals surface area (Å²) >= 11 is 0. The third-order valence-electron chi connectivity index (χ3n) is 2.64. The van der Waals surface area contributed by atoms with Gasteiger partial charge in [-0.15, -0.1) is 0 Å². The van der Waals surface area contributed by atoms with E-state index < -0.39 is 5.97 Å². The maximum Gasteiger partial charge on any atom is 0.337 e. The van der Waals surface area contributed by atoms with Gasteiger partial charge in [0.1, 0.15) is 18.1 Å². The second kappa shape index (κ2) is 6.10. The zero-order valence-electron chi connectivity index (χ0n) is 11.5. The van der Waals surface area contributed by atoms with E-state index in [-0.39, 0.29) is 6.61 Å². The molecule has 1 heterocycles. The third kappa shape index (κ3) is 3.09. The summed E-state index contributed by atoms with van der Waals surface area (Å²) in [6, 6.07) is 6.61. The van der Waals surface area contributed by atoms with Crippen LogP contribution in [0.4, 0.5) is 0 Å². The van der Waals surface area contributed by atoms with Crippen molar-refractivity contribution < 1.29 is 23.5 Å². The lowest BCUT2D eigenvalue weighted by Gasteiger charge is -2.10. The van der Waals surface area contributed by atoms with Gasteiger partial charge in [-0.05, 0) is 25.1 Å². The Balaban J connectivity index is 2.13. The van der Waals surface area contributed by atoms with Gasteiger partial charge in [-0.1, -0.05) is 5.16 Å². The molecule has 0 saturated heterocycles. The van der Waals surface area contributed by atoms with Gasteiger partial charge in [0, 0.05) is 6.07 Å². The SMILES string of the molecule is COC(=O)c1ccc(OCc2cc(C)on2)c(OC)c1. The molecule has 0 unspecified atom stereocenters. The highest BCUT2D eigenvalue weighted by atomic mass is 16.5. The van der Waals surface area contributed by atoms with Crippen molar-refractivity contribution in [3.05, 3.63) is 41.3 Å².